The van der Waals surface area contributed by atoms with E-state index in [2.05, 4.69) is 27.6 Å². The number of ether oxygens (including phenoxy) is 1. The summed E-state index contributed by atoms with van der Waals surface area (Å²) in [5.74, 6) is 0.605. The Labute approximate surface area is 186 Å². The fourth-order valence-electron chi connectivity index (χ4n) is 3.70. The zero-order chi connectivity index (χ0) is 22.9. The summed E-state index contributed by atoms with van der Waals surface area (Å²) >= 11 is 0. The van der Waals surface area contributed by atoms with Crippen LogP contribution in [0, 0.1) is 0 Å². The number of amides is 2. The molecule has 1 saturated heterocycles. The molecule has 0 aliphatic carbocycles. The second kappa shape index (κ2) is 8.71. The minimum Gasteiger partial charge on any atom is -0.389 e. The number of aromatic nitrogens is 4. The third-order valence-electron chi connectivity index (χ3n) is 5.29. The molecule has 1 aromatic carbocycles. The Kier molecular flexibility index (Phi) is 5.98. The number of nitrogens with one attached hydrogen (secondary N) is 2. The quantitative estimate of drug-likeness (QED) is 0.558. The predicted molar refractivity (Wildman–Crippen MR) is 123 cm³/mol. The van der Waals surface area contributed by atoms with Crippen molar-refractivity contribution in [2.24, 2.45) is 0 Å². The monoisotopic (exact) mass is 439 g/mol. The van der Waals surface area contributed by atoms with Crippen LogP contribution in [0.2, 0.25) is 0 Å². The zero-order valence-corrected chi connectivity index (χ0v) is 18.8. The van der Waals surface area contributed by atoms with Crippen molar-refractivity contribution >= 4 is 28.7 Å². The summed E-state index contributed by atoms with van der Waals surface area (Å²) in [6.45, 7) is 7.79. The summed E-state index contributed by atoms with van der Waals surface area (Å²) < 4.78 is 7.30. The molecule has 0 bridgehead atoms. The number of morpholine rings is 1. The summed E-state index contributed by atoms with van der Waals surface area (Å²) in [5, 5.41) is 20.9. The maximum atomic E-state index is 11.6. The fourth-order valence-corrected chi connectivity index (χ4v) is 3.70. The Bertz CT molecular complexity index is 1110. The number of benzene rings is 1. The van der Waals surface area contributed by atoms with Crippen LogP contribution in [0.4, 0.5) is 16.4 Å². The van der Waals surface area contributed by atoms with E-state index in [1.54, 1.807) is 31.8 Å². The maximum absolute atomic E-state index is 11.6. The summed E-state index contributed by atoms with van der Waals surface area (Å²) in [6.07, 6.45) is 1.74. The Morgan fingerprint density at radius 2 is 2.03 bits per heavy atom. The number of carbonyl (C=O) groups is 1. The highest BCUT2D eigenvalue weighted by Gasteiger charge is 2.25. The number of aliphatic hydroxyl groups is 1. The Morgan fingerprint density at radius 3 is 2.69 bits per heavy atom. The van der Waals surface area contributed by atoms with Gasteiger partial charge in [-0.15, -0.1) is 0 Å². The van der Waals surface area contributed by atoms with Gasteiger partial charge in [0.15, 0.2) is 5.65 Å². The summed E-state index contributed by atoms with van der Waals surface area (Å²) in [5.41, 5.74) is 2.03. The fraction of sp³-hybridized carbons (Fsp3) is 0.455. The van der Waals surface area contributed by atoms with Gasteiger partial charge in [-0.2, -0.15) is 10.1 Å². The van der Waals surface area contributed by atoms with E-state index in [1.807, 2.05) is 24.3 Å². The Hall–Kier alpha value is -3.24. The van der Waals surface area contributed by atoms with Gasteiger partial charge >= 0.3 is 6.03 Å². The average molecular weight is 440 g/mol. The molecule has 2 amide bonds. The van der Waals surface area contributed by atoms with Crippen molar-refractivity contribution in [3.8, 4) is 11.3 Å². The molecule has 1 fully saturated rings. The number of urea groups is 1. The van der Waals surface area contributed by atoms with Gasteiger partial charge in [0.2, 0.25) is 5.95 Å². The lowest BCUT2D eigenvalue weighted by molar-refractivity contribution is 0.0589. The number of fused-ring (bicyclic) bond motifs is 1. The van der Waals surface area contributed by atoms with E-state index in [4.69, 9.17) is 14.7 Å². The third kappa shape index (κ3) is 4.66. The maximum Gasteiger partial charge on any atom is 0.318 e. The van der Waals surface area contributed by atoms with Gasteiger partial charge in [0, 0.05) is 24.8 Å². The van der Waals surface area contributed by atoms with Crippen LogP contribution in [0.1, 0.15) is 20.8 Å². The SMILES string of the molecule is CNC(=O)Nc1ccc(-c2nc(N3CCOC[C@H]3C)nc3c2cnn3CC(C)(C)O)cc1. The van der Waals surface area contributed by atoms with Crippen molar-refractivity contribution in [1.82, 2.24) is 25.1 Å². The molecule has 4 rings (SSSR count). The highest BCUT2D eigenvalue weighted by Crippen LogP contribution is 2.30. The van der Waals surface area contributed by atoms with E-state index in [9.17, 15) is 9.90 Å². The normalized spacial score (nSPS) is 16.9. The van der Waals surface area contributed by atoms with Crippen LogP contribution in [0.25, 0.3) is 22.3 Å². The minimum absolute atomic E-state index is 0.138. The first kappa shape index (κ1) is 22.0. The van der Waals surface area contributed by atoms with Gasteiger partial charge in [-0.1, -0.05) is 12.1 Å². The minimum atomic E-state index is -0.941. The first-order valence-corrected chi connectivity index (χ1v) is 10.6. The lowest BCUT2D eigenvalue weighted by Crippen LogP contribution is -2.44. The molecule has 2 aromatic heterocycles. The van der Waals surface area contributed by atoms with Crippen LogP contribution in [-0.2, 0) is 11.3 Å². The highest BCUT2D eigenvalue weighted by atomic mass is 16.5. The molecular weight excluding hydrogens is 410 g/mol. The molecule has 0 unspecified atom stereocenters. The molecule has 10 heteroatoms. The average Bonchev–Trinajstić information content (AvgIpc) is 3.15. The van der Waals surface area contributed by atoms with Gasteiger partial charge in [-0.3, -0.25) is 0 Å². The second-order valence-corrected chi connectivity index (χ2v) is 8.62. The topological polar surface area (TPSA) is 117 Å². The molecule has 1 aliphatic rings. The molecule has 0 radical (unpaired) electrons. The van der Waals surface area contributed by atoms with E-state index in [0.717, 1.165) is 16.6 Å². The van der Waals surface area contributed by atoms with Gasteiger partial charge in [0.25, 0.3) is 0 Å². The first-order chi connectivity index (χ1) is 15.2. The van der Waals surface area contributed by atoms with Crippen LogP contribution in [-0.4, -0.2) is 69.3 Å². The van der Waals surface area contributed by atoms with Crippen molar-refractivity contribution in [3.63, 3.8) is 0 Å². The number of rotatable bonds is 5. The van der Waals surface area contributed by atoms with Gasteiger partial charge < -0.3 is 25.4 Å². The smallest absolute Gasteiger partial charge is 0.318 e. The largest absolute Gasteiger partial charge is 0.389 e. The van der Waals surface area contributed by atoms with E-state index in [-0.39, 0.29) is 12.1 Å². The lowest BCUT2D eigenvalue weighted by atomic mass is 10.1. The molecule has 32 heavy (non-hydrogen) atoms. The summed E-state index contributed by atoms with van der Waals surface area (Å²) in [7, 11) is 1.57. The molecule has 0 spiro atoms. The van der Waals surface area contributed by atoms with Crippen molar-refractivity contribution in [2.75, 3.05) is 37.0 Å². The second-order valence-electron chi connectivity index (χ2n) is 8.62. The molecule has 3 heterocycles. The molecule has 1 aliphatic heterocycles. The van der Waals surface area contributed by atoms with Crippen molar-refractivity contribution in [1.29, 1.82) is 0 Å². The van der Waals surface area contributed by atoms with Crippen molar-refractivity contribution < 1.29 is 14.6 Å². The van der Waals surface area contributed by atoms with E-state index >= 15 is 0 Å². The number of nitrogens with zero attached hydrogens (tertiary/aromatic N) is 5. The molecule has 0 saturated carbocycles. The van der Waals surface area contributed by atoms with Crippen molar-refractivity contribution in [3.05, 3.63) is 30.5 Å². The van der Waals surface area contributed by atoms with Crippen LogP contribution in [0.5, 0.6) is 0 Å². The van der Waals surface area contributed by atoms with Gasteiger partial charge in [0.1, 0.15) is 0 Å². The molecular formula is C22H29N7O3. The van der Waals surface area contributed by atoms with Gasteiger partial charge in [-0.25, -0.2) is 14.5 Å². The van der Waals surface area contributed by atoms with Crippen molar-refractivity contribution in [2.45, 2.75) is 39.0 Å². The molecule has 170 valence electrons. The van der Waals surface area contributed by atoms with Gasteiger partial charge in [0.05, 0.1) is 48.7 Å². The van der Waals surface area contributed by atoms with E-state index < -0.39 is 5.60 Å². The number of hydrogen-bond acceptors (Lipinski definition) is 7. The molecule has 3 N–H and O–H groups in total. The predicted octanol–water partition coefficient (Wildman–Crippen LogP) is 2.24. The standard InChI is InChI=1S/C22H29N7O3/c1-14-12-32-10-9-28(14)20-26-18(15-5-7-16(8-6-15)25-21(30)23-4)17-11-24-29(19(17)27-20)13-22(2,3)31/h5-8,11,14,31H,9-10,12-13H2,1-4H3,(H2,23,25,30)/t14-/m1/s1. The number of anilines is 2. The third-order valence-corrected chi connectivity index (χ3v) is 5.29. The van der Waals surface area contributed by atoms with Gasteiger partial charge in [-0.05, 0) is 32.9 Å². The lowest BCUT2D eigenvalue weighted by Gasteiger charge is -2.33. The highest BCUT2D eigenvalue weighted by molar-refractivity contribution is 5.92. The van der Waals surface area contributed by atoms with Crippen LogP contribution >= 0.6 is 0 Å². The van der Waals surface area contributed by atoms with Crippen LogP contribution < -0.4 is 15.5 Å². The Balaban J connectivity index is 1.80. The van der Waals surface area contributed by atoms with E-state index in [0.29, 0.717) is 43.6 Å². The summed E-state index contributed by atoms with van der Waals surface area (Å²) in [6, 6.07) is 7.34. The first-order valence-electron chi connectivity index (χ1n) is 10.6. The summed E-state index contributed by atoms with van der Waals surface area (Å²) in [4.78, 5) is 23.5. The molecule has 1 atom stereocenters. The number of carbonyl (C=O) groups excluding carboxylic acids is 1. The molecule has 10 nitrogen and oxygen atoms in total. The zero-order valence-electron chi connectivity index (χ0n) is 18.8. The Morgan fingerprint density at radius 1 is 1.28 bits per heavy atom. The van der Waals surface area contributed by atoms with Crippen LogP contribution in [0.3, 0.4) is 0 Å². The van der Waals surface area contributed by atoms with E-state index in [1.165, 1.54) is 0 Å². The number of hydrogen-bond donors (Lipinski definition) is 3. The molecule has 3 aromatic rings. The van der Waals surface area contributed by atoms with Crippen LogP contribution in [0.15, 0.2) is 30.5 Å².